The molecule has 34 heavy (non-hydrogen) atoms. The molecule has 0 radical (unpaired) electrons. The fourth-order valence-corrected chi connectivity index (χ4v) is 4.78. The van der Waals surface area contributed by atoms with Crippen molar-refractivity contribution in [3.05, 3.63) is 118 Å². The van der Waals surface area contributed by atoms with Gasteiger partial charge in [-0.25, -0.2) is 0 Å². The van der Waals surface area contributed by atoms with Crippen molar-refractivity contribution < 1.29 is 4.92 Å². The summed E-state index contributed by atoms with van der Waals surface area (Å²) in [5.41, 5.74) is 5.94. The van der Waals surface area contributed by atoms with Crippen LogP contribution in [0.2, 0.25) is 0 Å². The van der Waals surface area contributed by atoms with Crippen LogP contribution in [0.25, 0.3) is 5.69 Å². The molecule has 4 aromatic rings. The number of nitro groups is 1. The van der Waals surface area contributed by atoms with Gasteiger partial charge in [-0.3, -0.25) is 15.1 Å². The number of benzene rings is 2. The first-order valence-corrected chi connectivity index (χ1v) is 11.3. The Labute approximate surface area is 202 Å². The number of nitrogens with one attached hydrogen (secondary N) is 1. The fourth-order valence-electron chi connectivity index (χ4n) is 4.44. The Morgan fingerprint density at radius 3 is 2.56 bits per heavy atom. The summed E-state index contributed by atoms with van der Waals surface area (Å²) in [4.78, 5) is 17.7. The van der Waals surface area contributed by atoms with E-state index in [1.807, 2.05) is 47.2 Å². The van der Waals surface area contributed by atoms with Crippen LogP contribution in [-0.2, 0) is 0 Å². The lowest BCUT2D eigenvalue weighted by Gasteiger charge is -2.29. The Morgan fingerprint density at radius 2 is 1.82 bits per heavy atom. The quantitative estimate of drug-likeness (QED) is 0.234. The summed E-state index contributed by atoms with van der Waals surface area (Å²) in [6, 6.07) is 22.3. The highest BCUT2D eigenvalue weighted by molar-refractivity contribution is 7.80. The molecule has 2 aromatic heterocycles. The van der Waals surface area contributed by atoms with E-state index in [0.717, 1.165) is 17.1 Å². The molecule has 5 rings (SSSR count). The Morgan fingerprint density at radius 1 is 0.971 bits per heavy atom. The van der Waals surface area contributed by atoms with Gasteiger partial charge in [-0.05, 0) is 79.7 Å². The molecule has 0 amide bonds. The minimum Gasteiger partial charge on any atom is -0.351 e. The molecular weight excluding hydrogens is 446 g/mol. The summed E-state index contributed by atoms with van der Waals surface area (Å²) < 4.78 is 1.98. The van der Waals surface area contributed by atoms with E-state index in [2.05, 4.69) is 47.2 Å². The van der Waals surface area contributed by atoms with Gasteiger partial charge in [-0.15, -0.1) is 0 Å². The van der Waals surface area contributed by atoms with Crippen LogP contribution in [0.5, 0.6) is 0 Å². The molecule has 170 valence electrons. The van der Waals surface area contributed by atoms with Gasteiger partial charge in [-0.1, -0.05) is 18.2 Å². The zero-order valence-corrected chi connectivity index (χ0v) is 19.6. The van der Waals surface area contributed by atoms with Crippen LogP contribution in [-0.4, -0.2) is 19.6 Å². The van der Waals surface area contributed by atoms with Crippen LogP contribution in [0.1, 0.15) is 34.6 Å². The van der Waals surface area contributed by atoms with Crippen molar-refractivity contribution in [2.45, 2.75) is 25.9 Å². The number of aryl methyl sites for hydroxylation is 2. The van der Waals surface area contributed by atoms with Crippen molar-refractivity contribution in [1.82, 2.24) is 14.9 Å². The van der Waals surface area contributed by atoms with E-state index >= 15 is 0 Å². The summed E-state index contributed by atoms with van der Waals surface area (Å²) in [6.07, 6.45) is 3.69. The molecule has 3 heterocycles. The lowest BCUT2D eigenvalue weighted by atomic mass is 10.00. The zero-order chi connectivity index (χ0) is 23.8. The highest BCUT2D eigenvalue weighted by atomic mass is 32.1. The normalized spacial score (nSPS) is 17.6. The molecule has 2 atom stereocenters. The van der Waals surface area contributed by atoms with Gasteiger partial charge >= 0.3 is 0 Å². The topological polar surface area (TPSA) is 76.2 Å². The van der Waals surface area contributed by atoms with Gasteiger partial charge in [0.1, 0.15) is 6.04 Å². The molecule has 8 heteroatoms. The second kappa shape index (κ2) is 8.72. The molecule has 1 aliphatic rings. The van der Waals surface area contributed by atoms with E-state index in [-0.39, 0.29) is 22.7 Å². The van der Waals surface area contributed by atoms with Gasteiger partial charge in [0.05, 0.1) is 22.3 Å². The number of anilines is 1. The first kappa shape index (κ1) is 21.8. The number of nitrogens with zero attached hydrogens (tertiary/aromatic N) is 4. The van der Waals surface area contributed by atoms with Crippen LogP contribution in [0.3, 0.4) is 0 Å². The Hall–Kier alpha value is -4.04. The number of hydrogen-bond acceptors (Lipinski definition) is 4. The van der Waals surface area contributed by atoms with Crippen LogP contribution in [0.15, 0.2) is 85.2 Å². The molecule has 2 aromatic carbocycles. The van der Waals surface area contributed by atoms with Gasteiger partial charge < -0.3 is 14.8 Å². The summed E-state index contributed by atoms with van der Waals surface area (Å²) in [5.74, 6) is 0. The van der Waals surface area contributed by atoms with E-state index in [1.165, 1.54) is 17.2 Å². The van der Waals surface area contributed by atoms with E-state index in [9.17, 15) is 10.1 Å². The molecule has 2 unspecified atom stereocenters. The molecule has 1 aliphatic heterocycles. The Bertz CT molecular complexity index is 1380. The molecule has 0 aliphatic carbocycles. The lowest BCUT2D eigenvalue weighted by Crippen LogP contribution is -2.30. The zero-order valence-electron chi connectivity index (χ0n) is 18.8. The Kier molecular flexibility index (Phi) is 5.59. The third-order valence-corrected chi connectivity index (χ3v) is 6.58. The highest BCUT2D eigenvalue weighted by Crippen LogP contribution is 2.42. The van der Waals surface area contributed by atoms with Crippen LogP contribution in [0.4, 0.5) is 11.4 Å². The highest BCUT2D eigenvalue weighted by Gasteiger charge is 2.42. The Balaban J connectivity index is 1.67. The van der Waals surface area contributed by atoms with Crippen molar-refractivity contribution in [2.75, 3.05) is 4.90 Å². The van der Waals surface area contributed by atoms with E-state index in [0.29, 0.717) is 10.8 Å². The third-order valence-electron chi connectivity index (χ3n) is 6.27. The molecule has 7 nitrogen and oxygen atoms in total. The van der Waals surface area contributed by atoms with Gasteiger partial charge in [0.15, 0.2) is 5.11 Å². The number of non-ortho nitro benzene ring substituents is 1. The van der Waals surface area contributed by atoms with E-state index < -0.39 is 0 Å². The largest absolute Gasteiger partial charge is 0.351 e. The predicted molar refractivity (Wildman–Crippen MR) is 136 cm³/mol. The first-order valence-electron chi connectivity index (χ1n) is 10.9. The van der Waals surface area contributed by atoms with Crippen molar-refractivity contribution in [3.63, 3.8) is 0 Å². The average molecular weight is 470 g/mol. The van der Waals surface area contributed by atoms with E-state index in [4.69, 9.17) is 12.2 Å². The summed E-state index contributed by atoms with van der Waals surface area (Å²) in [5, 5.41) is 15.5. The molecule has 1 saturated heterocycles. The van der Waals surface area contributed by atoms with E-state index in [1.54, 1.807) is 18.3 Å². The molecule has 1 N–H and O–H groups in total. The fraction of sp³-hybridized carbons (Fsp3) is 0.154. The third kappa shape index (κ3) is 3.82. The summed E-state index contributed by atoms with van der Waals surface area (Å²) in [6.45, 7) is 4.17. The second-order valence-electron chi connectivity index (χ2n) is 8.35. The standard InChI is InChI=1S/C26H23N5O2S/c1-17-11-12-20(15-18(17)2)30-25(24(28-26(30)34)22-9-3-4-13-27-22)23-10-6-14-29(23)19-7-5-8-21(16-19)31(32)33/h3-16,24-25H,1-2H3,(H,28,34). The number of hydrogen-bond donors (Lipinski definition) is 1. The molecule has 0 saturated carbocycles. The summed E-state index contributed by atoms with van der Waals surface area (Å²) in [7, 11) is 0. The van der Waals surface area contributed by atoms with Gasteiger partial charge in [-0.2, -0.15) is 0 Å². The minimum absolute atomic E-state index is 0.0458. The van der Waals surface area contributed by atoms with Crippen molar-refractivity contribution in [1.29, 1.82) is 0 Å². The van der Waals surface area contributed by atoms with Crippen LogP contribution >= 0.6 is 12.2 Å². The summed E-state index contributed by atoms with van der Waals surface area (Å²) >= 11 is 5.83. The van der Waals surface area contributed by atoms with Crippen LogP contribution < -0.4 is 10.2 Å². The second-order valence-corrected chi connectivity index (χ2v) is 8.73. The van der Waals surface area contributed by atoms with Gasteiger partial charge in [0.25, 0.3) is 5.69 Å². The molecule has 1 fully saturated rings. The van der Waals surface area contributed by atoms with Crippen molar-refractivity contribution in [3.8, 4) is 5.69 Å². The minimum atomic E-state index is -0.378. The lowest BCUT2D eigenvalue weighted by molar-refractivity contribution is -0.384. The maximum absolute atomic E-state index is 11.4. The monoisotopic (exact) mass is 469 g/mol. The number of thiocarbonyl (C=S) groups is 1. The number of nitro benzene ring substituents is 1. The number of rotatable bonds is 5. The van der Waals surface area contributed by atoms with Crippen molar-refractivity contribution in [2.24, 2.45) is 0 Å². The van der Waals surface area contributed by atoms with Crippen molar-refractivity contribution >= 4 is 28.7 Å². The average Bonchev–Trinajstić information content (AvgIpc) is 3.46. The maximum atomic E-state index is 11.4. The molecule has 0 bridgehead atoms. The first-order chi connectivity index (χ1) is 16.4. The predicted octanol–water partition coefficient (Wildman–Crippen LogP) is 5.57. The molecule has 0 spiro atoms. The number of aromatic nitrogens is 2. The number of pyridine rings is 1. The van der Waals surface area contributed by atoms with Gasteiger partial charge in [0.2, 0.25) is 0 Å². The molecular formula is C26H23N5O2S. The smallest absolute Gasteiger partial charge is 0.271 e. The SMILES string of the molecule is Cc1ccc(N2C(=S)NC(c3ccccn3)C2c2cccn2-c2cccc([N+](=O)[O-])c2)cc1C. The van der Waals surface area contributed by atoms with Gasteiger partial charge in [0, 0.05) is 35.9 Å². The maximum Gasteiger partial charge on any atom is 0.271 e. The van der Waals surface area contributed by atoms with Crippen LogP contribution in [0, 0.1) is 24.0 Å².